The van der Waals surface area contributed by atoms with Crippen molar-refractivity contribution in [2.75, 3.05) is 7.05 Å². The van der Waals surface area contributed by atoms with Crippen LogP contribution in [0.3, 0.4) is 0 Å². The molecule has 0 aliphatic heterocycles. The average molecular weight is 277 g/mol. The molecule has 2 heterocycles. The minimum absolute atomic E-state index is 0.0786. The Labute approximate surface area is 119 Å². The first-order valence-electron chi connectivity index (χ1n) is 6.83. The van der Waals surface area contributed by atoms with Crippen molar-refractivity contribution in [3.63, 3.8) is 0 Å². The molecule has 0 spiro atoms. The molecule has 0 fully saturated rings. The van der Waals surface area contributed by atoms with Gasteiger partial charge in [-0.25, -0.2) is 0 Å². The van der Waals surface area contributed by atoms with Gasteiger partial charge in [-0.2, -0.15) is 0 Å². The van der Waals surface area contributed by atoms with Crippen LogP contribution in [0.15, 0.2) is 33.4 Å². The standard InChI is InChI=1S/C15H23N3O2/c1-15(2,3)16-9-12-8-14(20-17-12)11-18(4)10-13-6-5-7-19-13/h5-8,16H,9-11H2,1-4H3. The fourth-order valence-corrected chi connectivity index (χ4v) is 1.86. The summed E-state index contributed by atoms with van der Waals surface area (Å²) < 4.78 is 10.7. The Morgan fingerprint density at radius 3 is 2.65 bits per heavy atom. The van der Waals surface area contributed by atoms with Gasteiger partial charge in [-0.3, -0.25) is 4.90 Å². The highest BCUT2D eigenvalue weighted by atomic mass is 16.5. The van der Waals surface area contributed by atoms with E-state index in [-0.39, 0.29) is 5.54 Å². The fraction of sp³-hybridized carbons (Fsp3) is 0.533. The molecule has 2 rings (SSSR count). The van der Waals surface area contributed by atoms with Gasteiger partial charge in [0, 0.05) is 18.2 Å². The minimum atomic E-state index is 0.0786. The van der Waals surface area contributed by atoms with Crippen LogP contribution in [0.1, 0.15) is 38.0 Å². The molecule has 5 nitrogen and oxygen atoms in total. The summed E-state index contributed by atoms with van der Waals surface area (Å²) in [5, 5.41) is 7.47. The molecule has 2 aromatic rings. The van der Waals surface area contributed by atoms with E-state index < -0.39 is 0 Å². The molecule has 0 radical (unpaired) electrons. The molecule has 1 N–H and O–H groups in total. The third kappa shape index (κ3) is 4.83. The second-order valence-corrected chi connectivity index (χ2v) is 6.14. The van der Waals surface area contributed by atoms with Gasteiger partial charge in [-0.05, 0) is 40.0 Å². The van der Waals surface area contributed by atoms with E-state index in [0.717, 1.165) is 30.3 Å². The van der Waals surface area contributed by atoms with Gasteiger partial charge in [0.25, 0.3) is 0 Å². The van der Waals surface area contributed by atoms with Crippen LogP contribution in [0.25, 0.3) is 0 Å². The molecule has 110 valence electrons. The molecule has 0 aromatic carbocycles. The van der Waals surface area contributed by atoms with E-state index in [1.54, 1.807) is 6.26 Å². The summed E-state index contributed by atoms with van der Waals surface area (Å²) in [6.07, 6.45) is 1.69. The lowest BCUT2D eigenvalue weighted by molar-refractivity contribution is 0.248. The van der Waals surface area contributed by atoms with Crippen molar-refractivity contribution >= 4 is 0 Å². The van der Waals surface area contributed by atoms with Crippen molar-refractivity contribution in [3.8, 4) is 0 Å². The maximum atomic E-state index is 5.36. The Morgan fingerprint density at radius 2 is 2.00 bits per heavy atom. The van der Waals surface area contributed by atoms with Crippen LogP contribution < -0.4 is 5.32 Å². The number of hydrogen-bond donors (Lipinski definition) is 1. The lowest BCUT2D eigenvalue weighted by atomic mass is 10.1. The third-order valence-corrected chi connectivity index (χ3v) is 2.84. The van der Waals surface area contributed by atoms with Crippen molar-refractivity contribution in [2.45, 2.75) is 45.9 Å². The quantitative estimate of drug-likeness (QED) is 0.880. The van der Waals surface area contributed by atoms with Gasteiger partial charge in [0.1, 0.15) is 5.76 Å². The molecule has 0 atom stereocenters. The van der Waals surface area contributed by atoms with E-state index in [2.05, 4.69) is 36.1 Å². The Kier molecular flexibility index (Phi) is 4.62. The summed E-state index contributed by atoms with van der Waals surface area (Å²) in [5.41, 5.74) is 1.01. The summed E-state index contributed by atoms with van der Waals surface area (Å²) in [4.78, 5) is 2.13. The maximum absolute atomic E-state index is 5.36. The Hall–Kier alpha value is -1.59. The van der Waals surface area contributed by atoms with Crippen LogP contribution in [0.4, 0.5) is 0 Å². The van der Waals surface area contributed by atoms with Gasteiger partial charge in [0.2, 0.25) is 0 Å². The predicted octanol–water partition coefficient (Wildman–Crippen LogP) is 2.79. The number of hydrogen-bond acceptors (Lipinski definition) is 5. The van der Waals surface area contributed by atoms with Crippen LogP contribution in [0.5, 0.6) is 0 Å². The zero-order valence-electron chi connectivity index (χ0n) is 12.6. The largest absolute Gasteiger partial charge is 0.468 e. The molecule has 0 amide bonds. The second-order valence-electron chi connectivity index (χ2n) is 6.14. The molecule has 0 unspecified atom stereocenters. The van der Waals surface area contributed by atoms with E-state index in [1.165, 1.54) is 0 Å². The first kappa shape index (κ1) is 14.8. The lowest BCUT2D eigenvalue weighted by Crippen LogP contribution is -2.35. The molecule has 5 heteroatoms. The van der Waals surface area contributed by atoms with Crippen molar-refractivity contribution < 1.29 is 8.94 Å². The van der Waals surface area contributed by atoms with Crippen LogP contribution in [-0.2, 0) is 19.6 Å². The van der Waals surface area contributed by atoms with E-state index >= 15 is 0 Å². The first-order chi connectivity index (χ1) is 9.42. The first-order valence-corrected chi connectivity index (χ1v) is 6.83. The molecule has 2 aromatic heterocycles. The molecule has 0 aliphatic carbocycles. The minimum Gasteiger partial charge on any atom is -0.468 e. The van der Waals surface area contributed by atoms with E-state index in [1.807, 2.05) is 25.2 Å². The highest BCUT2D eigenvalue weighted by Crippen LogP contribution is 2.11. The van der Waals surface area contributed by atoms with Gasteiger partial charge in [0.05, 0.1) is 25.0 Å². The van der Waals surface area contributed by atoms with E-state index in [0.29, 0.717) is 6.54 Å². The van der Waals surface area contributed by atoms with Crippen molar-refractivity contribution in [2.24, 2.45) is 0 Å². The third-order valence-electron chi connectivity index (χ3n) is 2.84. The summed E-state index contributed by atoms with van der Waals surface area (Å²) in [7, 11) is 2.03. The van der Waals surface area contributed by atoms with Gasteiger partial charge in [-0.15, -0.1) is 0 Å². The average Bonchev–Trinajstić information content (AvgIpc) is 2.97. The normalized spacial score (nSPS) is 12.2. The summed E-state index contributed by atoms with van der Waals surface area (Å²) >= 11 is 0. The molecular weight excluding hydrogens is 254 g/mol. The van der Waals surface area contributed by atoms with Crippen LogP contribution in [0, 0.1) is 0 Å². The zero-order chi connectivity index (χ0) is 14.6. The molecular formula is C15H23N3O2. The van der Waals surface area contributed by atoms with Gasteiger partial charge < -0.3 is 14.3 Å². The Bertz CT molecular complexity index is 511. The smallest absolute Gasteiger partial charge is 0.151 e. The number of furan rings is 1. The highest BCUT2D eigenvalue weighted by molar-refractivity contribution is 5.06. The number of rotatable bonds is 6. The zero-order valence-corrected chi connectivity index (χ0v) is 12.6. The van der Waals surface area contributed by atoms with Crippen molar-refractivity contribution in [1.82, 2.24) is 15.4 Å². The maximum Gasteiger partial charge on any atom is 0.151 e. The number of nitrogens with one attached hydrogen (secondary N) is 1. The van der Waals surface area contributed by atoms with Crippen LogP contribution >= 0.6 is 0 Å². The monoisotopic (exact) mass is 277 g/mol. The number of aromatic nitrogens is 1. The molecule has 0 saturated carbocycles. The van der Waals surface area contributed by atoms with E-state index in [9.17, 15) is 0 Å². The SMILES string of the molecule is CN(Cc1ccco1)Cc1cc(CNC(C)(C)C)no1. The molecule has 0 saturated heterocycles. The Morgan fingerprint density at radius 1 is 1.25 bits per heavy atom. The summed E-state index contributed by atoms with van der Waals surface area (Å²) in [6, 6.07) is 5.86. The highest BCUT2D eigenvalue weighted by Gasteiger charge is 2.12. The topological polar surface area (TPSA) is 54.4 Å². The molecule has 0 aliphatic rings. The fourth-order valence-electron chi connectivity index (χ4n) is 1.86. The number of nitrogens with zero attached hydrogens (tertiary/aromatic N) is 2. The van der Waals surface area contributed by atoms with Gasteiger partial charge >= 0.3 is 0 Å². The van der Waals surface area contributed by atoms with Gasteiger partial charge in [-0.1, -0.05) is 5.16 Å². The summed E-state index contributed by atoms with van der Waals surface area (Å²) in [5.74, 6) is 1.81. The predicted molar refractivity (Wildman–Crippen MR) is 77.0 cm³/mol. The lowest BCUT2D eigenvalue weighted by Gasteiger charge is -2.19. The Balaban J connectivity index is 1.83. The van der Waals surface area contributed by atoms with Crippen LogP contribution in [-0.4, -0.2) is 22.6 Å². The molecule has 20 heavy (non-hydrogen) atoms. The molecule has 0 bridgehead atoms. The van der Waals surface area contributed by atoms with Gasteiger partial charge in [0.15, 0.2) is 5.76 Å². The van der Waals surface area contributed by atoms with E-state index in [4.69, 9.17) is 8.94 Å². The van der Waals surface area contributed by atoms with Crippen molar-refractivity contribution in [1.29, 1.82) is 0 Å². The van der Waals surface area contributed by atoms with Crippen molar-refractivity contribution in [3.05, 3.63) is 41.7 Å². The second kappa shape index (κ2) is 6.24. The summed E-state index contributed by atoms with van der Waals surface area (Å²) in [6.45, 7) is 8.57. The van der Waals surface area contributed by atoms with Crippen LogP contribution in [0.2, 0.25) is 0 Å².